The van der Waals surface area contributed by atoms with Crippen LogP contribution >= 0.6 is 0 Å². The second-order valence-corrected chi connectivity index (χ2v) is 17.6. The van der Waals surface area contributed by atoms with Crippen LogP contribution in [0.2, 0.25) is 0 Å². The van der Waals surface area contributed by atoms with Gasteiger partial charge in [-0.05, 0) is 90.1 Å². The molecule has 0 fully saturated rings. The first-order chi connectivity index (χ1) is 27.6. The summed E-state index contributed by atoms with van der Waals surface area (Å²) in [5, 5.41) is 5.04. The fourth-order valence-electron chi connectivity index (χ4n) is 4.01. The van der Waals surface area contributed by atoms with Crippen molar-refractivity contribution in [2.75, 3.05) is 0 Å². The molecular formula is C38H36F12N2O7S2. The maximum absolute atomic E-state index is 12.6. The summed E-state index contributed by atoms with van der Waals surface area (Å²) in [5.74, 6) is -3.13. The molecule has 0 saturated heterocycles. The van der Waals surface area contributed by atoms with E-state index in [1.54, 1.807) is 20.8 Å². The van der Waals surface area contributed by atoms with E-state index in [1.165, 1.54) is 36.4 Å². The lowest BCUT2D eigenvalue weighted by molar-refractivity contribution is -0.275. The third-order valence-electron chi connectivity index (χ3n) is 6.64. The second-order valence-electron chi connectivity index (χ2n) is 13.8. The van der Waals surface area contributed by atoms with Gasteiger partial charge in [0.2, 0.25) is 0 Å². The first-order valence-corrected chi connectivity index (χ1v) is 19.1. The first-order valence-electron chi connectivity index (χ1n) is 16.8. The van der Waals surface area contributed by atoms with Gasteiger partial charge in [0.15, 0.2) is 5.78 Å². The number of nitrogens with two attached hydrogens (primary N) is 1. The van der Waals surface area contributed by atoms with Gasteiger partial charge in [0.1, 0.15) is 34.0 Å². The molecule has 336 valence electrons. The summed E-state index contributed by atoms with van der Waals surface area (Å²) in [5.41, 5.74) is -0.303. The highest BCUT2D eigenvalue weighted by Gasteiger charge is 2.34. The van der Waals surface area contributed by atoms with Gasteiger partial charge in [-0.25, -0.2) is 8.42 Å². The molecule has 0 aliphatic rings. The normalized spacial score (nSPS) is 13.2. The minimum Gasteiger partial charge on any atom is -0.406 e. The number of halogens is 12. The molecular weight excluding hydrogens is 889 g/mol. The average molecular weight is 925 g/mol. The fourth-order valence-corrected chi connectivity index (χ4v) is 4.66. The molecule has 0 radical (unpaired) electrons. The summed E-state index contributed by atoms with van der Waals surface area (Å²) in [6.07, 6.45) is -19.7. The number of carbonyl (C=O) groups is 1. The Kier molecular flexibility index (Phi) is 17.6. The van der Waals surface area contributed by atoms with E-state index in [2.05, 4.69) is 23.3 Å². The molecule has 2 atom stereocenters. The van der Waals surface area contributed by atoms with Crippen molar-refractivity contribution in [2.24, 2.45) is 9.54 Å². The van der Waals surface area contributed by atoms with Crippen LogP contribution in [0.1, 0.15) is 68.6 Å². The van der Waals surface area contributed by atoms with Gasteiger partial charge in [0.25, 0.3) is 0 Å². The third kappa shape index (κ3) is 20.3. The third-order valence-corrected chi connectivity index (χ3v) is 9.25. The van der Waals surface area contributed by atoms with Gasteiger partial charge in [-0.1, -0.05) is 48.5 Å². The molecule has 0 aromatic heterocycles. The van der Waals surface area contributed by atoms with Crippen molar-refractivity contribution in [3.8, 4) is 23.0 Å². The molecule has 4 aromatic rings. The average Bonchev–Trinajstić information content (AvgIpc) is 3.07. The number of nitrogens with zero attached hydrogens (tertiary/aromatic N) is 1. The van der Waals surface area contributed by atoms with Crippen LogP contribution < -0.4 is 24.1 Å². The van der Waals surface area contributed by atoms with Gasteiger partial charge in [0, 0.05) is 22.3 Å². The van der Waals surface area contributed by atoms with Crippen LogP contribution in [0, 0.1) is 0 Å². The quantitative estimate of drug-likeness (QED) is 0.101. The van der Waals surface area contributed by atoms with Gasteiger partial charge in [0.05, 0.1) is 26.2 Å². The Bertz CT molecular complexity index is 2050. The number of ether oxygens (including phenoxy) is 4. The van der Waals surface area contributed by atoms with Crippen LogP contribution in [-0.4, -0.2) is 54.9 Å². The van der Waals surface area contributed by atoms with Crippen molar-refractivity contribution in [1.29, 1.82) is 0 Å². The molecule has 4 aromatic carbocycles. The minimum absolute atomic E-state index is 0.0681. The number of alkyl halides is 12. The van der Waals surface area contributed by atoms with E-state index >= 15 is 0 Å². The molecule has 0 aliphatic carbocycles. The number of hydrogen-bond donors (Lipinski definition) is 1. The Morgan fingerprint density at radius 1 is 0.475 bits per heavy atom. The molecule has 0 saturated carbocycles. The van der Waals surface area contributed by atoms with Crippen LogP contribution in [0.5, 0.6) is 23.0 Å². The van der Waals surface area contributed by atoms with E-state index < -0.39 is 80.9 Å². The lowest BCUT2D eigenvalue weighted by atomic mass is 10.0. The Morgan fingerprint density at radius 3 is 0.951 bits per heavy atom. The Morgan fingerprint density at radius 2 is 0.721 bits per heavy atom. The smallest absolute Gasteiger partial charge is 0.406 e. The maximum atomic E-state index is 12.6. The van der Waals surface area contributed by atoms with Crippen LogP contribution in [0.25, 0.3) is 0 Å². The molecule has 0 amide bonds. The highest BCUT2D eigenvalue weighted by molar-refractivity contribution is 7.85. The van der Waals surface area contributed by atoms with Crippen molar-refractivity contribution < 1.29 is 84.8 Å². The van der Waals surface area contributed by atoms with Crippen molar-refractivity contribution >= 4 is 33.5 Å². The summed E-state index contributed by atoms with van der Waals surface area (Å²) < 4.78 is 189. The summed E-state index contributed by atoms with van der Waals surface area (Å²) in [7, 11) is -3.04. The topological polar surface area (TPSA) is 127 Å². The molecule has 2 N–H and O–H groups in total. The summed E-state index contributed by atoms with van der Waals surface area (Å²) in [4.78, 5) is 12.2. The van der Waals surface area contributed by atoms with Gasteiger partial charge in [-0.15, -0.1) is 52.7 Å². The zero-order chi connectivity index (χ0) is 46.8. The summed E-state index contributed by atoms with van der Waals surface area (Å²) >= 11 is 0. The SMILES string of the molecule is CC(C)(C)[S@@](=O)N=C(c1cccc(OC(F)(F)F)c1)c1cccc(OC(F)(F)F)c1.CC(C)(C)[S@](N)=O.O=C(c1cccc(OC(F)(F)F)c1)c1cccc(OC(F)(F)F)c1. The predicted octanol–water partition coefficient (Wildman–Crippen LogP) is 10.9. The second kappa shape index (κ2) is 20.6. The molecule has 0 spiro atoms. The highest BCUT2D eigenvalue weighted by Crippen LogP contribution is 2.30. The first kappa shape index (κ1) is 52.0. The molecule has 61 heavy (non-hydrogen) atoms. The standard InChI is InChI=1S/C19H17F6NO3S.C15H8F6O3.C4H11NOS/c1-17(2,3)30(27)26-16(12-6-4-8-14(10-12)28-18(20,21)22)13-7-5-9-15(11-13)29-19(23,24)25;16-14(17,18)23-11-5-1-3-9(7-11)13(22)10-4-2-6-12(8-10)24-15(19,20)21;1-4(2,3)7(5)6/h4-11H,1-3H3;1-8H;5H2,1-3H3/t30-;;7-/m1.1/s1. The van der Waals surface area contributed by atoms with Gasteiger partial charge in [-0.3, -0.25) is 9.93 Å². The number of hydrogen-bond acceptors (Lipinski definition) is 7. The summed E-state index contributed by atoms with van der Waals surface area (Å²) in [6, 6.07) is 17.8. The highest BCUT2D eigenvalue weighted by atomic mass is 32.2. The van der Waals surface area contributed by atoms with Gasteiger partial charge in [-0.2, -0.15) is 4.40 Å². The van der Waals surface area contributed by atoms with E-state index in [-0.39, 0.29) is 32.7 Å². The lowest BCUT2D eigenvalue weighted by Crippen LogP contribution is -2.27. The Labute approximate surface area is 346 Å². The largest absolute Gasteiger partial charge is 0.573 e. The zero-order valence-corrected chi connectivity index (χ0v) is 34.1. The molecule has 9 nitrogen and oxygen atoms in total. The maximum Gasteiger partial charge on any atom is 0.573 e. The van der Waals surface area contributed by atoms with Crippen molar-refractivity contribution in [1.82, 2.24) is 0 Å². The summed E-state index contributed by atoms with van der Waals surface area (Å²) in [6.45, 7) is 10.4. The van der Waals surface area contributed by atoms with Crippen LogP contribution in [-0.2, 0) is 22.0 Å². The van der Waals surface area contributed by atoms with E-state index in [0.717, 1.165) is 60.7 Å². The van der Waals surface area contributed by atoms with Crippen LogP contribution in [0.15, 0.2) is 101 Å². The van der Waals surface area contributed by atoms with Gasteiger partial charge >= 0.3 is 25.4 Å². The molecule has 0 aliphatic heterocycles. The Balaban J connectivity index is 0.000000369. The molecule has 23 heteroatoms. The van der Waals surface area contributed by atoms with Crippen molar-refractivity contribution in [2.45, 2.75) is 76.5 Å². The minimum atomic E-state index is -4.94. The van der Waals surface area contributed by atoms with E-state index in [1.807, 2.05) is 20.8 Å². The van der Waals surface area contributed by atoms with Crippen LogP contribution in [0.4, 0.5) is 52.7 Å². The zero-order valence-electron chi connectivity index (χ0n) is 32.5. The van der Waals surface area contributed by atoms with Gasteiger partial charge < -0.3 is 18.9 Å². The number of benzene rings is 4. The number of ketones is 1. The molecule has 0 heterocycles. The molecule has 0 unspecified atom stereocenters. The number of rotatable bonds is 9. The predicted molar refractivity (Wildman–Crippen MR) is 202 cm³/mol. The van der Waals surface area contributed by atoms with Crippen LogP contribution in [0.3, 0.4) is 0 Å². The number of carbonyl (C=O) groups excluding carboxylic acids is 1. The van der Waals surface area contributed by atoms with E-state index in [9.17, 15) is 65.9 Å². The molecule has 0 bridgehead atoms. The lowest BCUT2D eigenvalue weighted by Gasteiger charge is -2.17. The molecule has 4 rings (SSSR count). The van der Waals surface area contributed by atoms with Crippen molar-refractivity contribution in [3.63, 3.8) is 0 Å². The Hall–Kier alpha value is -5.16. The monoisotopic (exact) mass is 924 g/mol. The van der Waals surface area contributed by atoms with E-state index in [0.29, 0.717) is 0 Å². The van der Waals surface area contributed by atoms with Crippen molar-refractivity contribution in [3.05, 3.63) is 119 Å². The van der Waals surface area contributed by atoms with E-state index in [4.69, 9.17) is 5.14 Å². The fraction of sp³-hybridized carbons (Fsp3) is 0.316.